The van der Waals surface area contributed by atoms with Gasteiger partial charge in [-0.2, -0.15) is 0 Å². The number of hydrogen-bond acceptors (Lipinski definition) is 3. The lowest BCUT2D eigenvalue weighted by atomic mass is 10.2. The number of unbranched alkanes of at least 4 members (excludes halogenated alkanes) is 3. The molecule has 3 heteroatoms. The first kappa shape index (κ1) is 17.5. The number of aliphatic hydroxyl groups is 1. The number of hydrogen-bond donors (Lipinski definition) is 1. The summed E-state index contributed by atoms with van der Waals surface area (Å²) in [6, 6.07) is 19.5. The summed E-state index contributed by atoms with van der Waals surface area (Å²) >= 11 is 3.82. The van der Waals surface area contributed by atoms with Crippen molar-refractivity contribution in [1.29, 1.82) is 0 Å². The third-order valence-electron chi connectivity index (χ3n) is 3.39. The molecule has 2 aromatic rings. The molecule has 2 aromatic carbocycles. The van der Waals surface area contributed by atoms with Gasteiger partial charge < -0.3 is 5.11 Å². The number of aliphatic hydroxyl groups excluding tert-OH is 1. The lowest BCUT2D eigenvalue weighted by molar-refractivity contribution is 0.283. The number of benzene rings is 2. The molecule has 0 fully saturated rings. The monoisotopic (exact) mass is 332 g/mol. The highest BCUT2D eigenvalue weighted by Crippen LogP contribution is 2.26. The van der Waals surface area contributed by atoms with Gasteiger partial charge in [-0.3, -0.25) is 0 Å². The predicted molar refractivity (Wildman–Crippen MR) is 98.7 cm³/mol. The quantitative estimate of drug-likeness (QED) is 0.450. The summed E-state index contributed by atoms with van der Waals surface area (Å²) in [5.41, 5.74) is 1.37. The minimum atomic E-state index is 0.329. The molecule has 0 radical (unpaired) electrons. The molecule has 2 rings (SSSR count). The zero-order chi connectivity index (χ0) is 15.5. The Morgan fingerprint density at radius 3 is 2.00 bits per heavy atom. The van der Waals surface area contributed by atoms with E-state index in [0.717, 1.165) is 18.6 Å². The Labute approximate surface area is 142 Å². The van der Waals surface area contributed by atoms with Gasteiger partial charge >= 0.3 is 0 Å². The standard InChI is InChI=1S/C19H24OS2/c20-14-6-1-2-7-15-21-18-10-12-19(13-11-18)22-16-17-8-4-3-5-9-17/h3-5,8-13,20H,1-2,6-7,14-16H2. The molecule has 0 aliphatic heterocycles. The normalized spacial score (nSPS) is 10.8. The lowest BCUT2D eigenvalue weighted by Gasteiger charge is -2.05. The molecule has 0 aliphatic carbocycles. The second kappa shape index (κ2) is 10.8. The van der Waals surface area contributed by atoms with E-state index in [-0.39, 0.29) is 0 Å². The summed E-state index contributed by atoms with van der Waals surface area (Å²) in [5, 5.41) is 8.74. The molecular weight excluding hydrogens is 308 g/mol. The van der Waals surface area contributed by atoms with Gasteiger partial charge in [-0.25, -0.2) is 0 Å². The van der Waals surface area contributed by atoms with Crippen molar-refractivity contribution in [2.75, 3.05) is 12.4 Å². The smallest absolute Gasteiger partial charge is 0.0431 e. The van der Waals surface area contributed by atoms with Gasteiger partial charge in [0.15, 0.2) is 0 Å². The summed E-state index contributed by atoms with van der Waals surface area (Å²) in [7, 11) is 0. The summed E-state index contributed by atoms with van der Waals surface area (Å²) in [6.07, 6.45) is 4.54. The van der Waals surface area contributed by atoms with E-state index in [2.05, 4.69) is 54.6 Å². The summed E-state index contributed by atoms with van der Waals surface area (Å²) in [5.74, 6) is 2.19. The minimum Gasteiger partial charge on any atom is -0.396 e. The molecule has 0 bridgehead atoms. The third kappa shape index (κ3) is 6.91. The van der Waals surface area contributed by atoms with E-state index >= 15 is 0 Å². The summed E-state index contributed by atoms with van der Waals surface area (Å²) < 4.78 is 0. The molecule has 0 spiro atoms. The first-order valence-corrected chi connectivity index (χ1v) is 9.86. The molecule has 0 atom stereocenters. The number of rotatable bonds is 10. The Morgan fingerprint density at radius 2 is 1.32 bits per heavy atom. The summed E-state index contributed by atoms with van der Waals surface area (Å²) in [6.45, 7) is 0.329. The van der Waals surface area contributed by atoms with Gasteiger partial charge in [0, 0.05) is 22.2 Å². The molecule has 0 amide bonds. The second-order valence-corrected chi connectivity index (χ2v) is 7.45. The van der Waals surface area contributed by atoms with Crippen molar-refractivity contribution in [3.63, 3.8) is 0 Å². The van der Waals surface area contributed by atoms with Crippen LogP contribution in [-0.4, -0.2) is 17.5 Å². The molecule has 0 aliphatic rings. The van der Waals surface area contributed by atoms with Crippen molar-refractivity contribution < 1.29 is 5.11 Å². The SMILES string of the molecule is OCCCCCCSc1ccc(SCc2ccccc2)cc1. The average molecular weight is 333 g/mol. The maximum atomic E-state index is 8.74. The lowest BCUT2D eigenvalue weighted by Crippen LogP contribution is -1.85. The molecule has 0 aromatic heterocycles. The fraction of sp³-hybridized carbons (Fsp3) is 0.368. The molecule has 0 heterocycles. The first-order chi connectivity index (χ1) is 10.9. The van der Waals surface area contributed by atoms with Gasteiger partial charge in [-0.15, -0.1) is 23.5 Å². The Bertz CT molecular complexity index is 511. The van der Waals surface area contributed by atoms with E-state index in [1.807, 2.05) is 23.5 Å². The molecule has 1 N–H and O–H groups in total. The van der Waals surface area contributed by atoms with Crippen molar-refractivity contribution >= 4 is 23.5 Å². The van der Waals surface area contributed by atoms with Gasteiger partial charge in [-0.1, -0.05) is 43.2 Å². The highest BCUT2D eigenvalue weighted by molar-refractivity contribution is 7.99. The molecule has 0 saturated heterocycles. The molecule has 1 nitrogen and oxygen atoms in total. The molecule has 22 heavy (non-hydrogen) atoms. The van der Waals surface area contributed by atoms with E-state index < -0.39 is 0 Å². The maximum absolute atomic E-state index is 8.74. The zero-order valence-electron chi connectivity index (χ0n) is 12.9. The molecular formula is C19H24OS2. The Hall–Kier alpha value is -0.900. The topological polar surface area (TPSA) is 20.2 Å². The van der Waals surface area contributed by atoms with E-state index in [1.54, 1.807) is 0 Å². The highest BCUT2D eigenvalue weighted by atomic mass is 32.2. The first-order valence-electron chi connectivity index (χ1n) is 7.89. The van der Waals surface area contributed by atoms with E-state index in [4.69, 9.17) is 5.11 Å². The fourth-order valence-electron chi connectivity index (χ4n) is 2.13. The Balaban J connectivity index is 1.67. The van der Waals surface area contributed by atoms with E-state index in [9.17, 15) is 0 Å². The van der Waals surface area contributed by atoms with Gasteiger partial charge in [-0.05, 0) is 48.4 Å². The van der Waals surface area contributed by atoms with Gasteiger partial charge in [0.2, 0.25) is 0 Å². The van der Waals surface area contributed by atoms with Crippen LogP contribution in [0, 0.1) is 0 Å². The van der Waals surface area contributed by atoms with Crippen LogP contribution >= 0.6 is 23.5 Å². The average Bonchev–Trinajstić information content (AvgIpc) is 2.58. The molecule has 118 valence electrons. The van der Waals surface area contributed by atoms with E-state index in [0.29, 0.717) is 6.61 Å². The van der Waals surface area contributed by atoms with Crippen LogP contribution < -0.4 is 0 Å². The van der Waals surface area contributed by atoms with Crippen molar-refractivity contribution in [2.24, 2.45) is 0 Å². The molecule has 0 unspecified atom stereocenters. The summed E-state index contributed by atoms with van der Waals surface area (Å²) in [4.78, 5) is 2.68. The molecule has 0 saturated carbocycles. The fourth-order valence-corrected chi connectivity index (χ4v) is 3.90. The van der Waals surface area contributed by atoms with Crippen LogP contribution in [0.2, 0.25) is 0 Å². The zero-order valence-corrected chi connectivity index (χ0v) is 14.5. The maximum Gasteiger partial charge on any atom is 0.0431 e. The Kier molecular flexibility index (Phi) is 8.54. The Morgan fingerprint density at radius 1 is 0.682 bits per heavy atom. The van der Waals surface area contributed by atoms with Gasteiger partial charge in [0.1, 0.15) is 0 Å². The van der Waals surface area contributed by atoms with Crippen molar-refractivity contribution in [3.05, 3.63) is 60.2 Å². The predicted octanol–water partition coefficient (Wildman–Crippen LogP) is 5.62. The van der Waals surface area contributed by atoms with Crippen LogP contribution in [0.25, 0.3) is 0 Å². The van der Waals surface area contributed by atoms with Crippen LogP contribution in [0.15, 0.2) is 64.4 Å². The van der Waals surface area contributed by atoms with Crippen molar-refractivity contribution in [1.82, 2.24) is 0 Å². The minimum absolute atomic E-state index is 0.329. The van der Waals surface area contributed by atoms with Crippen LogP contribution in [0.4, 0.5) is 0 Å². The van der Waals surface area contributed by atoms with Gasteiger partial charge in [0.25, 0.3) is 0 Å². The van der Waals surface area contributed by atoms with Crippen LogP contribution in [-0.2, 0) is 5.75 Å². The number of thioether (sulfide) groups is 2. The second-order valence-electron chi connectivity index (χ2n) is 5.23. The van der Waals surface area contributed by atoms with Crippen LogP contribution in [0.1, 0.15) is 31.2 Å². The van der Waals surface area contributed by atoms with Crippen molar-refractivity contribution in [2.45, 2.75) is 41.2 Å². The highest BCUT2D eigenvalue weighted by Gasteiger charge is 1.98. The largest absolute Gasteiger partial charge is 0.396 e. The van der Waals surface area contributed by atoms with Gasteiger partial charge in [0.05, 0.1) is 0 Å². The van der Waals surface area contributed by atoms with Crippen LogP contribution in [0.3, 0.4) is 0 Å². The third-order valence-corrected chi connectivity index (χ3v) is 5.57. The van der Waals surface area contributed by atoms with Crippen LogP contribution in [0.5, 0.6) is 0 Å². The van der Waals surface area contributed by atoms with Crippen molar-refractivity contribution in [3.8, 4) is 0 Å². The van der Waals surface area contributed by atoms with E-state index in [1.165, 1.54) is 33.9 Å².